The van der Waals surface area contributed by atoms with Gasteiger partial charge in [-0.25, -0.2) is 0 Å². The fourth-order valence-electron chi connectivity index (χ4n) is 4.71. The number of nitrogens with one attached hydrogen (secondary N) is 1. The lowest BCUT2D eigenvalue weighted by Crippen LogP contribution is -2.11. The summed E-state index contributed by atoms with van der Waals surface area (Å²) in [4.78, 5) is 12.2. The van der Waals surface area contributed by atoms with Gasteiger partial charge in [0, 0.05) is 29.7 Å². The quantitative estimate of drug-likeness (QED) is 0.730. The number of amides is 1. The van der Waals surface area contributed by atoms with Crippen LogP contribution in [0.4, 0.5) is 5.69 Å². The molecule has 0 saturated heterocycles. The largest absolute Gasteiger partial charge is 0.344 e. The van der Waals surface area contributed by atoms with Crippen LogP contribution in [0.3, 0.4) is 0 Å². The lowest BCUT2D eigenvalue weighted by molar-refractivity contribution is -0.116. The third kappa shape index (κ3) is 3.21. The maximum atomic E-state index is 12.2. The molecular weight excluding hydrogens is 308 g/mol. The lowest BCUT2D eigenvalue weighted by Gasteiger charge is -2.13. The molecule has 0 bridgehead atoms. The standard InChI is InChI=1S/C22H30N2O/c1-2-3-6-11-21(25)23-17-14-16-12-13-24-20-10-8-5-4-7-9-18(20)19(15-17)22(16)24/h14-15H,2-13H2,1H3,(H,23,25). The van der Waals surface area contributed by atoms with Gasteiger partial charge < -0.3 is 9.88 Å². The predicted octanol–water partition coefficient (Wildman–Crippen LogP) is 5.38. The molecule has 1 N–H and O–H groups in total. The van der Waals surface area contributed by atoms with Gasteiger partial charge in [0.25, 0.3) is 0 Å². The summed E-state index contributed by atoms with van der Waals surface area (Å²) in [6.45, 7) is 3.29. The first-order valence-electron chi connectivity index (χ1n) is 10.2. The number of hydrogen-bond acceptors (Lipinski definition) is 1. The third-order valence-corrected chi connectivity index (χ3v) is 5.94. The Labute approximate surface area is 150 Å². The summed E-state index contributed by atoms with van der Waals surface area (Å²) in [6.07, 6.45) is 12.8. The average molecular weight is 338 g/mol. The van der Waals surface area contributed by atoms with Crippen LogP contribution in [0.1, 0.15) is 75.1 Å². The normalized spacial score (nSPS) is 16.5. The first-order valence-corrected chi connectivity index (χ1v) is 10.2. The van der Waals surface area contributed by atoms with E-state index in [0.29, 0.717) is 6.42 Å². The number of aryl methyl sites for hydroxylation is 3. The maximum Gasteiger partial charge on any atom is 0.224 e. The second kappa shape index (κ2) is 7.23. The Morgan fingerprint density at radius 2 is 1.92 bits per heavy atom. The van der Waals surface area contributed by atoms with E-state index in [1.54, 1.807) is 11.3 Å². The molecule has 1 aliphatic heterocycles. The highest BCUT2D eigenvalue weighted by Gasteiger charge is 2.24. The number of carbonyl (C=O) groups excluding carboxylic acids is 1. The molecule has 0 spiro atoms. The molecule has 134 valence electrons. The van der Waals surface area contributed by atoms with Gasteiger partial charge in [-0.1, -0.05) is 32.6 Å². The zero-order chi connectivity index (χ0) is 17.2. The fraction of sp³-hybridized carbons (Fsp3) is 0.591. The summed E-state index contributed by atoms with van der Waals surface area (Å²) in [5.74, 6) is 0.167. The van der Waals surface area contributed by atoms with Crippen LogP contribution in [0.5, 0.6) is 0 Å². The minimum Gasteiger partial charge on any atom is -0.344 e. The Hall–Kier alpha value is -1.77. The molecule has 2 heterocycles. The van der Waals surface area contributed by atoms with Gasteiger partial charge in [0.05, 0.1) is 5.52 Å². The second-order valence-electron chi connectivity index (χ2n) is 7.78. The number of unbranched alkanes of at least 4 members (excludes halogenated alkanes) is 2. The third-order valence-electron chi connectivity index (χ3n) is 5.94. The summed E-state index contributed by atoms with van der Waals surface area (Å²) in [5, 5.41) is 4.58. The van der Waals surface area contributed by atoms with Crippen molar-refractivity contribution in [2.75, 3.05) is 5.32 Å². The van der Waals surface area contributed by atoms with E-state index >= 15 is 0 Å². The summed E-state index contributed by atoms with van der Waals surface area (Å²) < 4.78 is 2.58. The van der Waals surface area contributed by atoms with Crippen LogP contribution in [0.2, 0.25) is 0 Å². The molecule has 25 heavy (non-hydrogen) atoms. The lowest BCUT2D eigenvalue weighted by atomic mass is 9.95. The molecule has 4 rings (SSSR count). The smallest absolute Gasteiger partial charge is 0.224 e. The van der Waals surface area contributed by atoms with Crippen molar-refractivity contribution in [1.82, 2.24) is 4.57 Å². The van der Waals surface area contributed by atoms with Gasteiger partial charge in [0.15, 0.2) is 0 Å². The fourth-order valence-corrected chi connectivity index (χ4v) is 4.71. The molecule has 0 radical (unpaired) electrons. The van der Waals surface area contributed by atoms with Crippen molar-refractivity contribution in [3.63, 3.8) is 0 Å². The van der Waals surface area contributed by atoms with E-state index in [4.69, 9.17) is 0 Å². The Balaban J connectivity index is 1.65. The zero-order valence-electron chi connectivity index (χ0n) is 15.5. The molecule has 2 aromatic rings. The molecule has 0 saturated carbocycles. The molecule has 0 unspecified atom stereocenters. The van der Waals surface area contributed by atoms with Gasteiger partial charge in [-0.2, -0.15) is 0 Å². The molecule has 0 fully saturated rings. The van der Waals surface area contributed by atoms with Crippen molar-refractivity contribution in [2.45, 2.75) is 84.1 Å². The summed E-state index contributed by atoms with van der Waals surface area (Å²) in [5.41, 5.74) is 7.04. The summed E-state index contributed by atoms with van der Waals surface area (Å²) >= 11 is 0. The Morgan fingerprint density at radius 1 is 1.08 bits per heavy atom. The van der Waals surface area contributed by atoms with Crippen LogP contribution in [-0.2, 0) is 30.6 Å². The Bertz CT molecular complexity index is 787. The molecular formula is C22H30N2O. The minimum atomic E-state index is 0.167. The van der Waals surface area contributed by atoms with Crippen LogP contribution < -0.4 is 5.32 Å². The molecule has 3 heteroatoms. The van der Waals surface area contributed by atoms with E-state index in [2.05, 4.69) is 28.9 Å². The molecule has 1 aromatic heterocycles. The molecule has 1 amide bonds. The van der Waals surface area contributed by atoms with Crippen LogP contribution in [0.15, 0.2) is 12.1 Å². The number of anilines is 1. The zero-order valence-corrected chi connectivity index (χ0v) is 15.5. The number of fused-ring (bicyclic) bond motifs is 3. The van der Waals surface area contributed by atoms with Gasteiger partial charge in [0.1, 0.15) is 0 Å². The molecule has 1 aliphatic carbocycles. The molecule has 3 nitrogen and oxygen atoms in total. The number of benzene rings is 1. The van der Waals surface area contributed by atoms with Gasteiger partial charge in [0.2, 0.25) is 5.91 Å². The SMILES string of the molecule is CCCCCC(=O)Nc1cc2c3c(c1)c1c(n3CC2)CCCCCC1. The molecule has 2 aliphatic rings. The molecule has 0 atom stereocenters. The van der Waals surface area contributed by atoms with E-state index in [0.717, 1.165) is 37.9 Å². The van der Waals surface area contributed by atoms with Crippen LogP contribution in [-0.4, -0.2) is 10.5 Å². The van der Waals surface area contributed by atoms with E-state index < -0.39 is 0 Å². The first kappa shape index (κ1) is 16.7. The Morgan fingerprint density at radius 3 is 2.76 bits per heavy atom. The number of rotatable bonds is 5. The van der Waals surface area contributed by atoms with Crippen LogP contribution in [0, 0.1) is 0 Å². The van der Waals surface area contributed by atoms with Crippen molar-refractivity contribution >= 4 is 22.5 Å². The van der Waals surface area contributed by atoms with E-state index in [1.807, 2.05) is 0 Å². The van der Waals surface area contributed by atoms with Crippen molar-refractivity contribution in [2.24, 2.45) is 0 Å². The van der Waals surface area contributed by atoms with E-state index in [1.165, 1.54) is 55.0 Å². The van der Waals surface area contributed by atoms with Crippen LogP contribution >= 0.6 is 0 Å². The van der Waals surface area contributed by atoms with Crippen LogP contribution in [0.25, 0.3) is 10.9 Å². The maximum absolute atomic E-state index is 12.2. The first-order chi connectivity index (χ1) is 12.3. The monoisotopic (exact) mass is 338 g/mol. The number of carbonyl (C=O) groups is 1. The van der Waals surface area contributed by atoms with Gasteiger partial charge in [-0.3, -0.25) is 4.79 Å². The summed E-state index contributed by atoms with van der Waals surface area (Å²) in [6, 6.07) is 4.47. The topological polar surface area (TPSA) is 34.0 Å². The van der Waals surface area contributed by atoms with Gasteiger partial charge >= 0.3 is 0 Å². The number of hydrogen-bond donors (Lipinski definition) is 1. The number of nitrogens with zero attached hydrogens (tertiary/aromatic N) is 1. The van der Waals surface area contributed by atoms with Gasteiger partial charge in [-0.05, 0) is 61.8 Å². The highest BCUT2D eigenvalue weighted by Crippen LogP contribution is 2.38. The number of aromatic nitrogens is 1. The highest BCUT2D eigenvalue weighted by molar-refractivity contribution is 5.97. The second-order valence-corrected chi connectivity index (χ2v) is 7.78. The minimum absolute atomic E-state index is 0.167. The van der Waals surface area contributed by atoms with Crippen molar-refractivity contribution < 1.29 is 4.79 Å². The van der Waals surface area contributed by atoms with E-state index in [-0.39, 0.29) is 5.91 Å². The van der Waals surface area contributed by atoms with Crippen molar-refractivity contribution in [1.29, 1.82) is 0 Å². The molecule has 1 aromatic carbocycles. The average Bonchev–Trinajstić information content (AvgIpc) is 3.10. The highest BCUT2D eigenvalue weighted by atomic mass is 16.1. The predicted molar refractivity (Wildman–Crippen MR) is 104 cm³/mol. The van der Waals surface area contributed by atoms with Gasteiger partial charge in [-0.15, -0.1) is 0 Å². The van der Waals surface area contributed by atoms with Crippen molar-refractivity contribution in [3.8, 4) is 0 Å². The Kier molecular flexibility index (Phi) is 4.82. The van der Waals surface area contributed by atoms with Crippen molar-refractivity contribution in [3.05, 3.63) is 29.0 Å². The van der Waals surface area contributed by atoms with E-state index in [9.17, 15) is 4.79 Å². The summed E-state index contributed by atoms with van der Waals surface area (Å²) in [7, 11) is 0.